The van der Waals surface area contributed by atoms with Gasteiger partial charge in [0, 0.05) is 33.2 Å². The number of aliphatic imine (C=N–C) groups is 2. The molecule has 0 radical (unpaired) electrons. The molecule has 0 rings (SSSR count). The van der Waals surface area contributed by atoms with Crippen molar-refractivity contribution in [3.05, 3.63) is 0 Å². The van der Waals surface area contributed by atoms with Crippen LogP contribution < -0.4 is 0 Å². The van der Waals surface area contributed by atoms with E-state index in [1.807, 2.05) is 7.05 Å². The number of rotatable bonds is 12. The van der Waals surface area contributed by atoms with Crippen LogP contribution in [-0.2, 0) is 0 Å². The number of hydrogen-bond acceptors (Lipinski definition) is 2. The largest absolute Gasteiger partial charge is 0.342 e. The number of quaternary nitrogens is 1. The van der Waals surface area contributed by atoms with Crippen molar-refractivity contribution in [1.82, 2.24) is 9.80 Å². The van der Waals surface area contributed by atoms with Crippen LogP contribution in [0.5, 0.6) is 0 Å². The molecule has 5 heteroatoms. The van der Waals surface area contributed by atoms with Crippen molar-refractivity contribution >= 4 is 11.9 Å². The standard InChI is InChI=1S/C22H48N5/c1-9-13-17-24-21(25(18-14-10-2)19-15-11-3)26(20-16-12-4)22(23-5)27(6,7)8/h9-20H2,1-8H3/q+1. The van der Waals surface area contributed by atoms with Crippen molar-refractivity contribution < 1.29 is 4.48 Å². The highest BCUT2D eigenvalue weighted by molar-refractivity contribution is 5.95. The molecule has 0 spiro atoms. The van der Waals surface area contributed by atoms with Crippen molar-refractivity contribution in [3.8, 4) is 0 Å². The van der Waals surface area contributed by atoms with Crippen molar-refractivity contribution in [2.24, 2.45) is 9.98 Å². The van der Waals surface area contributed by atoms with E-state index in [0.29, 0.717) is 4.48 Å². The van der Waals surface area contributed by atoms with Crippen LogP contribution in [0.4, 0.5) is 0 Å². The van der Waals surface area contributed by atoms with E-state index in [1.165, 1.54) is 38.5 Å². The van der Waals surface area contributed by atoms with Crippen molar-refractivity contribution in [1.29, 1.82) is 0 Å². The third kappa shape index (κ3) is 10.1. The van der Waals surface area contributed by atoms with Gasteiger partial charge in [0.2, 0.25) is 5.96 Å². The summed E-state index contributed by atoms with van der Waals surface area (Å²) in [6.45, 7) is 13.1. The van der Waals surface area contributed by atoms with E-state index in [2.05, 4.69) is 58.6 Å². The molecule has 27 heavy (non-hydrogen) atoms. The molecule has 0 saturated carbocycles. The van der Waals surface area contributed by atoms with Gasteiger partial charge in [0.05, 0.1) is 21.1 Å². The molecule has 0 aliphatic rings. The van der Waals surface area contributed by atoms with Crippen LogP contribution in [0.1, 0.15) is 79.1 Å². The Kier molecular flexibility index (Phi) is 14.3. The van der Waals surface area contributed by atoms with Gasteiger partial charge in [-0.1, -0.05) is 53.4 Å². The molecule has 0 aliphatic heterocycles. The predicted octanol–water partition coefficient (Wildman–Crippen LogP) is 4.84. The van der Waals surface area contributed by atoms with Gasteiger partial charge >= 0.3 is 5.96 Å². The zero-order valence-electron chi connectivity index (χ0n) is 19.7. The molecule has 0 heterocycles. The zero-order chi connectivity index (χ0) is 20.7. The summed E-state index contributed by atoms with van der Waals surface area (Å²) in [6.07, 6.45) is 9.50. The molecule has 0 fully saturated rings. The van der Waals surface area contributed by atoms with Gasteiger partial charge in [-0.25, -0.2) is 4.99 Å². The Bertz CT molecular complexity index is 415. The Hall–Kier alpha value is -1.10. The summed E-state index contributed by atoms with van der Waals surface area (Å²) in [5, 5.41) is 0. The highest BCUT2D eigenvalue weighted by atomic mass is 15.5. The van der Waals surface area contributed by atoms with Crippen LogP contribution >= 0.6 is 0 Å². The fourth-order valence-electron chi connectivity index (χ4n) is 3.09. The van der Waals surface area contributed by atoms with Crippen LogP contribution in [0.3, 0.4) is 0 Å². The minimum Gasteiger partial charge on any atom is -0.342 e. The monoisotopic (exact) mass is 382 g/mol. The molecule has 0 aliphatic carbocycles. The second-order valence-electron chi connectivity index (χ2n) is 8.27. The lowest BCUT2D eigenvalue weighted by molar-refractivity contribution is -0.782. The lowest BCUT2D eigenvalue weighted by Gasteiger charge is -2.38. The Morgan fingerprint density at radius 3 is 1.63 bits per heavy atom. The third-order valence-electron chi connectivity index (χ3n) is 4.63. The lowest BCUT2D eigenvalue weighted by Crippen LogP contribution is -2.57. The molecule has 0 amide bonds. The molecule has 0 N–H and O–H groups in total. The summed E-state index contributed by atoms with van der Waals surface area (Å²) in [7, 11) is 8.53. The molecule has 0 unspecified atom stereocenters. The van der Waals surface area contributed by atoms with Gasteiger partial charge < -0.3 is 4.90 Å². The van der Waals surface area contributed by atoms with Crippen molar-refractivity contribution in [3.63, 3.8) is 0 Å². The van der Waals surface area contributed by atoms with Gasteiger partial charge in [-0.05, 0) is 25.7 Å². The number of unbranched alkanes of at least 4 members (excludes halogenated alkanes) is 4. The molecule has 0 aromatic rings. The maximum absolute atomic E-state index is 5.13. The van der Waals surface area contributed by atoms with E-state index < -0.39 is 0 Å². The second-order valence-corrected chi connectivity index (χ2v) is 8.27. The first kappa shape index (κ1) is 25.9. The molecule has 0 saturated heterocycles. The van der Waals surface area contributed by atoms with E-state index in [1.54, 1.807) is 0 Å². The van der Waals surface area contributed by atoms with Gasteiger partial charge in [0.15, 0.2) is 0 Å². The summed E-state index contributed by atoms with van der Waals surface area (Å²) >= 11 is 0. The van der Waals surface area contributed by atoms with E-state index in [-0.39, 0.29) is 0 Å². The second kappa shape index (κ2) is 14.9. The maximum atomic E-state index is 5.13. The van der Waals surface area contributed by atoms with Gasteiger partial charge in [0.25, 0.3) is 0 Å². The van der Waals surface area contributed by atoms with Gasteiger partial charge in [-0.3, -0.25) is 14.4 Å². The maximum Gasteiger partial charge on any atom is 0.306 e. The smallest absolute Gasteiger partial charge is 0.306 e. The molecule has 0 aromatic heterocycles. The molecule has 160 valence electrons. The normalized spacial score (nSPS) is 13.2. The fourth-order valence-corrected chi connectivity index (χ4v) is 3.09. The number of nitrogens with zero attached hydrogens (tertiary/aromatic N) is 5. The summed E-state index contributed by atoms with van der Waals surface area (Å²) in [5.74, 6) is 2.24. The third-order valence-corrected chi connectivity index (χ3v) is 4.63. The summed E-state index contributed by atoms with van der Waals surface area (Å²) in [4.78, 5) is 14.8. The molecule has 0 atom stereocenters. The van der Waals surface area contributed by atoms with Crippen LogP contribution in [-0.4, -0.2) is 80.6 Å². The topological polar surface area (TPSA) is 31.2 Å². The number of hydrogen-bond donors (Lipinski definition) is 0. The van der Waals surface area contributed by atoms with E-state index in [4.69, 9.17) is 9.98 Å². The van der Waals surface area contributed by atoms with E-state index >= 15 is 0 Å². The Balaban J connectivity index is 5.96. The Morgan fingerprint density at radius 2 is 1.22 bits per heavy atom. The molecule has 5 nitrogen and oxygen atoms in total. The molecular formula is C22H48N5+. The summed E-state index contributed by atoms with van der Waals surface area (Å²) < 4.78 is 0.711. The highest BCUT2D eigenvalue weighted by Crippen LogP contribution is 2.12. The zero-order valence-corrected chi connectivity index (χ0v) is 19.7. The summed E-state index contributed by atoms with van der Waals surface area (Å²) in [6, 6.07) is 0. The average Bonchev–Trinajstić information content (AvgIpc) is 2.62. The van der Waals surface area contributed by atoms with E-state index in [0.717, 1.165) is 50.9 Å². The first-order valence-electron chi connectivity index (χ1n) is 11.2. The predicted molar refractivity (Wildman–Crippen MR) is 122 cm³/mol. The van der Waals surface area contributed by atoms with Crippen LogP contribution in [0, 0.1) is 0 Å². The molecule has 0 bridgehead atoms. The minimum atomic E-state index is 0.711. The first-order valence-corrected chi connectivity index (χ1v) is 11.2. The average molecular weight is 383 g/mol. The molecular weight excluding hydrogens is 334 g/mol. The van der Waals surface area contributed by atoms with Crippen LogP contribution in [0.25, 0.3) is 0 Å². The van der Waals surface area contributed by atoms with Crippen molar-refractivity contribution in [2.75, 3.05) is 54.4 Å². The number of guanidine groups is 2. The fraction of sp³-hybridized carbons (Fsp3) is 0.909. The van der Waals surface area contributed by atoms with Gasteiger partial charge in [-0.15, -0.1) is 0 Å². The van der Waals surface area contributed by atoms with E-state index in [9.17, 15) is 0 Å². The van der Waals surface area contributed by atoms with Crippen LogP contribution in [0.15, 0.2) is 9.98 Å². The Labute approximate surface area is 170 Å². The van der Waals surface area contributed by atoms with Crippen molar-refractivity contribution in [2.45, 2.75) is 79.1 Å². The Morgan fingerprint density at radius 1 is 0.741 bits per heavy atom. The van der Waals surface area contributed by atoms with Gasteiger partial charge in [-0.2, -0.15) is 0 Å². The summed E-state index contributed by atoms with van der Waals surface area (Å²) in [5.41, 5.74) is 0. The quantitative estimate of drug-likeness (QED) is 0.209. The minimum absolute atomic E-state index is 0.711. The van der Waals surface area contributed by atoms with Crippen LogP contribution in [0.2, 0.25) is 0 Å². The lowest BCUT2D eigenvalue weighted by atomic mass is 10.2. The SMILES string of the molecule is CCCCN=C(N(CCCC)CCCC)N(CCCC)C(=NC)[N+](C)(C)C. The molecule has 0 aromatic carbocycles. The van der Waals surface area contributed by atoms with Gasteiger partial charge in [0.1, 0.15) is 0 Å². The first-order chi connectivity index (χ1) is 12.9. The highest BCUT2D eigenvalue weighted by Gasteiger charge is 2.31.